The Morgan fingerprint density at radius 2 is 1.71 bits per heavy atom. The number of ether oxygens (including phenoxy) is 1. The van der Waals surface area contributed by atoms with Crippen LogP contribution in [0.1, 0.15) is 101 Å². The zero-order valence-corrected chi connectivity index (χ0v) is 24.2. The Morgan fingerprint density at radius 3 is 2.39 bits per heavy atom. The molecule has 0 heterocycles. The number of esters is 1. The van der Waals surface area contributed by atoms with Crippen LogP contribution in [0, 0.1) is 52.3 Å². The SMILES string of the molecule is CC[C@H]1C(O)C2C3CC[C@H]([C@H](C)C/C=C/c4ccc(C(=O)OC)cc4)[C@@]3(C)CCC2[C@@]2(C)CC[C@@H](O)C[C@@H]12. The number of fused-ring (bicyclic) bond motifs is 5. The van der Waals surface area contributed by atoms with Crippen molar-refractivity contribution in [1.82, 2.24) is 0 Å². The van der Waals surface area contributed by atoms with Crippen LogP contribution in [0.3, 0.4) is 0 Å². The van der Waals surface area contributed by atoms with E-state index in [1.807, 2.05) is 24.3 Å². The molecule has 38 heavy (non-hydrogen) atoms. The average Bonchev–Trinajstić information content (AvgIpc) is 3.27. The number of methoxy groups -OCH3 is 1. The number of benzene rings is 1. The van der Waals surface area contributed by atoms with Gasteiger partial charge >= 0.3 is 5.97 Å². The molecule has 0 spiro atoms. The summed E-state index contributed by atoms with van der Waals surface area (Å²) in [6.07, 6.45) is 14.1. The third-order valence-electron chi connectivity index (χ3n) is 12.3. The second kappa shape index (κ2) is 10.7. The molecule has 210 valence electrons. The fourth-order valence-electron chi connectivity index (χ4n) is 10.4. The maximum Gasteiger partial charge on any atom is 0.337 e. The van der Waals surface area contributed by atoms with Gasteiger partial charge in [-0.2, -0.15) is 0 Å². The van der Waals surface area contributed by atoms with E-state index in [-0.39, 0.29) is 23.6 Å². The molecule has 1 aromatic rings. The first kappa shape index (κ1) is 27.9. The zero-order chi connectivity index (χ0) is 27.2. The van der Waals surface area contributed by atoms with E-state index in [1.165, 1.54) is 32.8 Å². The Morgan fingerprint density at radius 1 is 1.03 bits per heavy atom. The van der Waals surface area contributed by atoms with Gasteiger partial charge in [-0.1, -0.05) is 58.4 Å². The molecule has 4 heteroatoms. The average molecular weight is 523 g/mol. The van der Waals surface area contributed by atoms with Gasteiger partial charge in [0.25, 0.3) is 0 Å². The molecule has 4 unspecified atom stereocenters. The Kier molecular flexibility index (Phi) is 7.88. The maximum atomic E-state index is 11.9. The summed E-state index contributed by atoms with van der Waals surface area (Å²) < 4.78 is 4.80. The number of hydrogen-bond acceptors (Lipinski definition) is 4. The summed E-state index contributed by atoms with van der Waals surface area (Å²) in [5.74, 6) is 3.38. The monoisotopic (exact) mass is 522 g/mol. The smallest absolute Gasteiger partial charge is 0.337 e. The molecule has 11 atom stereocenters. The van der Waals surface area contributed by atoms with Crippen LogP contribution in [0.15, 0.2) is 30.3 Å². The lowest BCUT2D eigenvalue weighted by atomic mass is 9.41. The maximum absolute atomic E-state index is 11.9. The van der Waals surface area contributed by atoms with Crippen molar-refractivity contribution in [3.8, 4) is 0 Å². The van der Waals surface area contributed by atoms with Gasteiger partial charge in [-0.25, -0.2) is 4.79 Å². The predicted molar refractivity (Wildman–Crippen MR) is 152 cm³/mol. The highest BCUT2D eigenvalue weighted by Crippen LogP contribution is 2.69. The van der Waals surface area contributed by atoms with Crippen molar-refractivity contribution < 1.29 is 19.7 Å². The number of aliphatic hydroxyl groups is 2. The fraction of sp³-hybridized carbons (Fsp3) is 0.735. The van der Waals surface area contributed by atoms with Crippen LogP contribution < -0.4 is 0 Å². The summed E-state index contributed by atoms with van der Waals surface area (Å²) in [4.78, 5) is 11.7. The molecule has 4 aliphatic carbocycles. The number of carbonyl (C=O) groups excluding carboxylic acids is 1. The van der Waals surface area contributed by atoms with E-state index in [4.69, 9.17) is 4.74 Å². The number of rotatable bonds is 6. The normalized spacial score (nSPS) is 43.2. The molecule has 0 saturated heterocycles. The van der Waals surface area contributed by atoms with E-state index in [0.29, 0.717) is 52.4 Å². The summed E-state index contributed by atoms with van der Waals surface area (Å²) in [5, 5.41) is 22.4. The molecule has 2 N–H and O–H groups in total. The van der Waals surface area contributed by atoms with Crippen LogP contribution in [0.25, 0.3) is 6.08 Å². The molecule has 4 aliphatic rings. The van der Waals surface area contributed by atoms with Gasteiger partial charge < -0.3 is 14.9 Å². The first-order valence-electron chi connectivity index (χ1n) is 15.3. The lowest BCUT2D eigenvalue weighted by molar-refractivity contribution is -0.203. The van der Waals surface area contributed by atoms with Gasteiger partial charge in [-0.3, -0.25) is 0 Å². The molecule has 0 aromatic heterocycles. The van der Waals surface area contributed by atoms with E-state index in [2.05, 4.69) is 39.8 Å². The van der Waals surface area contributed by atoms with E-state index in [9.17, 15) is 15.0 Å². The van der Waals surface area contributed by atoms with Crippen molar-refractivity contribution in [3.63, 3.8) is 0 Å². The zero-order valence-electron chi connectivity index (χ0n) is 24.2. The van der Waals surface area contributed by atoms with E-state index in [1.54, 1.807) is 0 Å². The van der Waals surface area contributed by atoms with Crippen molar-refractivity contribution in [1.29, 1.82) is 0 Å². The second-order valence-electron chi connectivity index (χ2n) is 13.9. The van der Waals surface area contributed by atoms with Gasteiger partial charge in [0.05, 0.1) is 24.9 Å². The van der Waals surface area contributed by atoms with Gasteiger partial charge in [-0.05, 0) is 121 Å². The van der Waals surface area contributed by atoms with Crippen LogP contribution in [0.4, 0.5) is 0 Å². The van der Waals surface area contributed by atoms with Gasteiger partial charge in [0, 0.05) is 0 Å². The largest absolute Gasteiger partial charge is 0.465 e. The van der Waals surface area contributed by atoms with E-state index in [0.717, 1.165) is 37.7 Å². The van der Waals surface area contributed by atoms with Crippen LogP contribution in [0.5, 0.6) is 0 Å². The minimum Gasteiger partial charge on any atom is -0.465 e. The molecule has 4 nitrogen and oxygen atoms in total. The first-order chi connectivity index (χ1) is 18.1. The molecule has 1 aromatic carbocycles. The highest BCUT2D eigenvalue weighted by molar-refractivity contribution is 5.89. The Hall–Kier alpha value is -1.65. The lowest BCUT2D eigenvalue weighted by Gasteiger charge is -2.64. The molecular formula is C34H50O4. The number of allylic oxidation sites excluding steroid dienone is 1. The minimum atomic E-state index is -0.299. The van der Waals surface area contributed by atoms with Gasteiger partial charge in [0.2, 0.25) is 0 Å². The fourth-order valence-corrected chi connectivity index (χ4v) is 10.4. The lowest BCUT2D eigenvalue weighted by Crippen LogP contribution is -2.62. The molecule has 0 radical (unpaired) electrons. The molecule has 4 fully saturated rings. The Bertz CT molecular complexity index is 1020. The number of hydrogen-bond donors (Lipinski definition) is 2. The predicted octanol–water partition coefficient (Wildman–Crippen LogP) is 7.14. The molecule has 4 saturated carbocycles. The minimum absolute atomic E-state index is 0.185. The van der Waals surface area contributed by atoms with Crippen molar-refractivity contribution in [2.45, 2.75) is 97.7 Å². The van der Waals surface area contributed by atoms with Gasteiger partial charge in [0.1, 0.15) is 0 Å². The Balaban J connectivity index is 1.30. The second-order valence-corrected chi connectivity index (χ2v) is 13.9. The first-order valence-corrected chi connectivity index (χ1v) is 15.3. The van der Waals surface area contributed by atoms with Crippen LogP contribution in [0.2, 0.25) is 0 Å². The van der Waals surface area contributed by atoms with Crippen molar-refractivity contribution in [2.75, 3.05) is 7.11 Å². The van der Waals surface area contributed by atoms with E-state index < -0.39 is 0 Å². The molecular weight excluding hydrogens is 472 g/mol. The van der Waals surface area contributed by atoms with Gasteiger partial charge in [0.15, 0.2) is 0 Å². The quantitative estimate of drug-likeness (QED) is 0.390. The summed E-state index contributed by atoms with van der Waals surface area (Å²) in [5.41, 5.74) is 2.25. The highest BCUT2D eigenvalue weighted by atomic mass is 16.5. The van der Waals surface area contributed by atoms with Crippen LogP contribution in [-0.2, 0) is 4.74 Å². The van der Waals surface area contributed by atoms with Crippen molar-refractivity contribution in [2.24, 2.45) is 52.3 Å². The summed E-state index contributed by atoms with van der Waals surface area (Å²) in [7, 11) is 1.41. The highest BCUT2D eigenvalue weighted by Gasteiger charge is 2.64. The molecule has 5 rings (SSSR count). The topological polar surface area (TPSA) is 66.8 Å². The standard InChI is InChI=1S/C34H50O4/c1-6-25-29-20-24(35)16-18-34(29,4)28-17-19-33(3)26(14-15-27(33)30(28)31(25)36)21(2)8-7-9-22-10-12-23(13-11-22)32(37)38-5/h7,9-13,21,24-31,35-36H,6,8,14-20H2,1-5H3/b9-7+/t21-,24-,25-,26-,27?,28?,29+,30?,31?,33-,34-/m1/s1. The summed E-state index contributed by atoms with van der Waals surface area (Å²) in [6, 6.07) is 7.61. The molecule has 0 amide bonds. The van der Waals surface area contributed by atoms with Crippen LogP contribution in [-0.4, -0.2) is 35.5 Å². The number of carbonyl (C=O) groups is 1. The molecule has 0 bridgehead atoms. The summed E-state index contributed by atoms with van der Waals surface area (Å²) in [6.45, 7) is 9.77. The third-order valence-corrected chi connectivity index (χ3v) is 12.3. The number of aliphatic hydroxyl groups excluding tert-OH is 2. The summed E-state index contributed by atoms with van der Waals surface area (Å²) >= 11 is 0. The van der Waals surface area contributed by atoms with Gasteiger partial charge in [-0.15, -0.1) is 0 Å². The van der Waals surface area contributed by atoms with Crippen molar-refractivity contribution in [3.05, 3.63) is 41.5 Å². The van der Waals surface area contributed by atoms with Crippen LogP contribution >= 0.6 is 0 Å². The Labute approximate surface area is 230 Å². The van der Waals surface area contributed by atoms with Crippen molar-refractivity contribution >= 4 is 12.0 Å². The molecule has 0 aliphatic heterocycles. The third kappa shape index (κ3) is 4.58. The van der Waals surface area contributed by atoms with E-state index >= 15 is 0 Å².